The number of hydrogen-bond acceptors (Lipinski definition) is 2. The maximum atomic E-state index is 13.4. The Balaban J connectivity index is 1.49. The standard InChI is InChI=1S/C18H20FN3O/c1-21-11-13(10-20-21)17-6-3-7-22(17)18(23)16-9-15(16)12-4-2-5-14(19)8-12/h2,4-5,8,10-11,15-17H,3,6-7,9H2,1H3/t15-,16-,17-/m0/s1. The summed E-state index contributed by atoms with van der Waals surface area (Å²) in [5.41, 5.74) is 2.06. The first kappa shape index (κ1) is 14.4. The molecule has 5 heteroatoms. The molecule has 2 fully saturated rings. The van der Waals surface area contributed by atoms with E-state index in [1.165, 1.54) is 6.07 Å². The van der Waals surface area contributed by atoms with Crippen LogP contribution >= 0.6 is 0 Å². The Morgan fingerprint density at radius 3 is 2.96 bits per heavy atom. The predicted molar refractivity (Wildman–Crippen MR) is 84.1 cm³/mol. The van der Waals surface area contributed by atoms with Crippen LogP contribution in [0.4, 0.5) is 4.39 Å². The van der Waals surface area contributed by atoms with Crippen LogP contribution in [0.1, 0.15) is 42.3 Å². The lowest BCUT2D eigenvalue weighted by molar-refractivity contribution is -0.133. The Morgan fingerprint density at radius 2 is 2.22 bits per heavy atom. The number of likely N-dealkylation sites (tertiary alicyclic amines) is 1. The predicted octanol–water partition coefficient (Wildman–Crippen LogP) is 3.03. The van der Waals surface area contributed by atoms with Crippen molar-refractivity contribution < 1.29 is 9.18 Å². The van der Waals surface area contributed by atoms with Gasteiger partial charge in [0.1, 0.15) is 5.82 Å². The zero-order valence-corrected chi connectivity index (χ0v) is 13.2. The van der Waals surface area contributed by atoms with Gasteiger partial charge in [0.2, 0.25) is 5.91 Å². The number of aromatic nitrogens is 2. The van der Waals surface area contributed by atoms with Gasteiger partial charge in [-0.3, -0.25) is 9.48 Å². The highest BCUT2D eigenvalue weighted by molar-refractivity contribution is 5.83. The molecule has 1 aliphatic carbocycles. The summed E-state index contributed by atoms with van der Waals surface area (Å²) in [5.74, 6) is 0.169. The van der Waals surface area contributed by atoms with Gasteiger partial charge in [-0.1, -0.05) is 12.1 Å². The number of carbonyl (C=O) groups excluding carboxylic acids is 1. The molecule has 0 spiro atoms. The molecule has 23 heavy (non-hydrogen) atoms. The number of carbonyl (C=O) groups is 1. The minimum Gasteiger partial charge on any atom is -0.335 e. The third kappa shape index (κ3) is 2.64. The molecule has 2 aromatic rings. The second kappa shape index (κ2) is 5.48. The average molecular weight is 313 g/mol. The normalized spacial score (nSPS) is 26.5. The Bertz CT molecular complexity index is 741. The second-order valence-electron chi connectivity index (χ2n) is 6.64. The van der Waals surface area contributed by atoms with E-state index in [-0.39, 0.29) is 29.6 Å². The zero-order chi connectivity index (χ0) is 16.0. The van der Waals surface area contributed by atoms with Gasteiger partial charge in [-0.25, -0.2) is 4.39 Å². The Hall–Kier alpha value is -2.17. The summed E-state index contributed by atoms with van der Waals surface area (Å²) in [6.45, 7) is 0.810. The molecule has 3 atom stereocenters. The van der Waals surface area contributed by atoms with Crippen molar-refractivity contribution in [1.82, 2.24) is 14.7 Å². The van der Waals surface area contributed by atoms with Crippen LogP contribution in [-0.2, 0) is 11.8 Å². The largest absolute Gasteiger partial charge is 0.335 e. The lowest BCUT2D eigenvalue weighted by Crippen LogP contribution is -2.32. The minimum absolute atomic E-state index is 0.00840. The molecule has 1 aromatic heterocycles. The minimum atomic E-state index is -0.227. The molecule has 0 N–H and O–H groups in total. The van der Waals surface area contributed by atoms with Crippen molar-refractivity contribution in [2.45, 2.75) is 31.2 Å². The molecule has 2 aliphatic rings. The Morgan fingerprint density at radius 1 is 1.35 bits per heavy atom. The summed E-state index contributed by atoms with van der Waals surface area (Å²) in [4.78, 5) is 14.9. The number of benzene rings is 1. The van der Waals surface area contributed by atoms with Gasteiger partial charge in [-0.2, -0.15) is 5.10 Å². The molecule has 1 aromatic carbocycles. The summed E-state index contributed by atoms with van der Waals surface area (Å²) in [6, 6.07) is 6.79. The van der Waals surface area contributed by atoms with E-state index in [0.29, 0.717) is 0 Å². The number of halogens is 1. The van der Waals surface area contributed by atoms with Gasteiger partial charge in [0.25, 0.3) is 0 Å². The third-order valence-electron chi connectivity index (χ3n) is 5.03. The van der Waals surface area contributed by atoms with E-state index in [2.05, 4.69) is 5.10 Å². The lowest BCUT2D eigenvalue weighted by atomic mass is 10.1. The molecule has 1 saturated carbocycles. The lowest BCUT2D eigenvalue weighted by Gasteiger charge is -2.24. The monoisotopic (exact) mass is 313 g/mol. The summed E-state index contributed by atoms with van der Waals surface area (Å²) in [6.07, 6.45) is 6.70. The molecule has 1 saturated heterocycles. The van der Waals surface area contributed by atoms with Gasteiger partial charge in [0.05, 0.1) is 12.2 Å². The molecule has 0 bridgehead atoms. The van der Waals surface area contributed by atoms with Crippen LogP contribution < -0.4 is 0 Å². The molecule has 1 amide bonds. The highest BCUT2D eigenvalue weighted by atomic mass is 19.1. The van der Waals surface area contributed by atoms with E-state index < -0.39 is 0 Å². The summed E-state index contributed by atoms with van der Waals surface area (Å²) in [7, 11) is 1.89. The summed E-state index contributed by atoms with van der Waals surface area (Å²) < 4.78 is 15.1. The molecule has 4 rings (SSSR count). The molecule has 4 nitrogen and oxygen atoms in total. The Kier molecular flexibility index (Phi) is 3.43. The van der Waals surface area contributed by atoms with Crippen LogP contribution in [0.15, 0.2) is 36.7 Å². The van der Waals surface area contributed by atoms with Gasteiger partial charge in [-0.05, 0) is 42.9 Å². The first-order valence-corrected chi connectivity index (χ1v) is 8.18. The first-order chi connectivity index (χ1) is 11.1. The van der Waals surface area contributed by atoms with Crippen LogP contribution in [0, 0.1) is 11.7 Å². The van der Waals surface area contributed by atoms with Gasteiger partial charge in [-0.15, -0.1) is 0 Å². The Labute approximate surface area is 134 Å². The van der Waals surface area contributed by atoms with E-state index >= 15 is 0 Å². The summed E-state index contributed by atoms with van der Waals surface area (Å²) >= 11 is 0. The van der Waals surface area contributed by atoms with Crippen LogP contribution in [0.3, 0.4) is 0 Å². The van der Waals surface area contributed by atoms with Crippen molar-refractivity contribution in [2.24, 2.45) is 13.0 Å². The molecule has 2 heterocycles. The average Bonchev–Trinajstić information content (AvgIpc) is 2.97. The van der Waals surface area contributed by atoms with E-state index in [1.807, 2.05) is 30.4 Å². The van der Waals surface area contributed by atoms with E-state index in [1.54, 1.807) is 16.8 Å². The molecular weight excluding hydrogens is 293 g/mol. The van der Waals surface area contributed by atoms with Crippen molar-refractivity contribution in [3.63, 3.8) is 0 Å². The smallest absolute Gasteiger partial charge is 0.226 e. The van der Waals surface area contributed by atoms with Crippen LogP contribution in [0.25, 0.3) is 0 Å². The van der Waals surface area contributed by atoms with Gasteiger partial charge >= 0.3 is 0 Å². The third-order valence-corrected chi connectivity index (χ3v) is 5.03. The number of amides is 1. The van der Waals surface area contributed by atoms with E-state index in [4.69, 9.17) is 0 Å². The molecule has 120 valence electrons. The topological polar surface area (TPSA) is 38.1 Å². The number of rotatable bonds is 3. The van der Waals surface area contributed by atoms with Crippen LogP contribution in [0.5, 0.6) is 0 Å². The number of hydrogen-bond donors (Lipinski definition) is 0. The molecule has 0 unspecified atom stereocenters. The van der Waals surface area contributed by atoms with Crippen molar-refractivity contribution >= 4 is 5.91 Å². The number of aryl methyl sites for hydroxylation is 1. The van der Waals surface area contributed by atoms with Crippen molar-refractivity contribution in [2.75, 3.05) is 6.54 Å². The van der Waals surface area contributed by atoms with Crippen LogP contribution in [0.2, 0.25) is 0 Å². The fourth-order valence-electron chi connectivity index (χ4n) is 3.78. The van der Waals surface area contributed by atoms with Crippen molar-refractivity contribution in [3.8, 4) is 0 Å². The highest BCUT2D eigenvalue weighted by Crippen LogP contribution is 2.50. The fraction of sp³-hybridized carbons (Fsp3) is 0.444. The fourth-order valence-corrected chi connectivity index (χ4v) is 3.78. The maximum Gasteiger partial charge on any atom is 0.226 e. The van der Waals surface area contributed by atoms with Gasteiger partial charge in [0.15, 0.2) is 0 Å². The second-order valence-corrected chi connectivity index (χ2v) is 6.64. The van der Waals surface area contributed by atoms with Gasteiger partial charge < -0.3 is 4.90 Å². The maximum absolute atomic E-state index is 13.4. The summed E-state index contributed by atoms with van der Waals surface area (Å²) in [5, 5.41) is 4.22. The SMILES string of the molecule is Cn1cc([C@@H]2CCCN2C(=O)[C@H]2C[C@H]2c2cccc(F)c2)cn1. The van der Waals surface area contributed by atoms with E-state index in [0.717, 1.165) is 36.9 Å². The molecular formula is C18H20FN3O. The number of nitrogens with zero attached hydrogens (tertiary/aromatic N) is 3. The van der Waals surface area contributed by atoms with Crippen molar-refractivity contribution in [3.05, 3.63) is 53.6 Å². The molecule has 1 aliphatic heterocycles. The quantitative estimate of drug-likeness (QED) is 0.873. The first-order valence-electron chi connectivity index (χ1n) is 8.18. The zero-order valence-electron chi connectivity index (χ0n) is 13.2. The van der Waals surface area contributed by atoms with Gasteiger partial charge in [0, 0.05) is 31.3 Å². The van der Waals surface area contributed by atoms with Crippen molar-refractivity contribution in [1.29, 1.82) is 0 Å². The van der Waals surface area contributed by atoms with Crippen LogP contribution in [-0.4, -0.2) is 27.1 Å². The highest BCUT2D eigenvalue weighted by Gasteiger charge is 2.47. The molecule has 0 radical (unpaired) electrons. The van der Waals surface area contributed by atoms with E-state index in [9.17, 15) is 9.18 Å².